The minimum Gasteiger partial charge on any atom is -0.451 e. The fraction of sp³-hybridized carbons (Fsp3) is 0. The van der Waals surface area contributed by atoms with Crippen molar-refractivity contribution in [1.82, 2.24) is 25.1 Å². The van der Waals surface area contributed by atoms with Crippen molar-refractivity contribution in [2.75, 3.05) is 5.32 Å². The maximum Gasteiger partial charge on any atom is 0.293 e. The van der Waals surface area contributed by atoms with Gasteiger partial charge in [-0.2, -0.15) is 9.61 Å². The molecule has 5 aromatic rings. The first kappa shape index (κ1) is 20.3. The Morgan fingerprint density at radius 2 is 1.94 bits per heavy atom. The van der Waals surface area contributed by atoms with Crippen LogP contribution in [0, 0.1) is 0 Å². The Kier molecular flexibility index (Phi) is 5.39. The Morgan fingerprint density at radius 3 is 2.72 bits per heavy atom. The van der Waals surface area contributed by atoms with Crippen molar-refractivity contribution >= 4 is 56.8 Å². The lowest BCUT2D eigenvalue weighted by Gasteiger charge is -2.09. The Labute approximate surface area is 195 Å². The summed E-state index contributed by atoms with van der Waals surface area (Å²) in [4.78, 5) is 13.2. The number of benzene rings is 2. The van der Waals surface area contributed by atoms with Gasteiger partial charge in [0, 0.05) is 21.8 Å². The molecule has 0 atom stereocenters. The highest BCUT2D eigenvalue weighted by atomic mass is 35.5. The Balaban J connectivity index is 1.22. The Morgan fingerprint density at radius 1 is 1.09 bits per heavy atom. The van der Waals surface area contributed by atoms with Gasteiger partial charge in [0.2, 0.25) is 4.96 Å². The van der Waals surface area contributed by atoms with Crippen molar-refractivity contribution in [3.05, 3.63) is 77.8 Å². The summed E-state index contributed by atoms with van der Waals surface area (Å²) in [6.45, 7) is 0. The van der Waals surface area contributed by atoms with Gasteiger partial charge >= 0.3 is 0 Å². The van der Waals surface area contributed by atoms with Crippen LogP contribution in [-0.2, 0) is 0 Å². The maximum atomic E-state index is 12.5. The summed E-state index contributed by atoms with van der Waals surface area (Å²) in [5.74, 6) is 0.229. The van der Waals surface area contributed by atoms with Crippen molar-refractivity contribution < 1.29 is 9.21 Å². The third-order valence-electron chi connectivity index (χ3n) is 4.44. The first-order valence-electron chi connectivity index (χ1n) is 9.30. The highest BCUT2D eigenvalue weighted by Gasteiger charge is 2.14. The predicted octanol–water partition coefficient (Wildman–Crippen LogP) is 4.89. The maximum absolute atomic E-state index is 12.5. The zero-order chi connectivity index (χ0) is 22.1. The number of furan rings is 1. The van der Waals surface area contributed by atoms with E-state index in [-0.39, 0.29) is 10.9 Å². The molecular formula is C21H13ClN6O2S2. The van der Waals surface area contributed by atoms with Crippen molar-refractivity contribution in [2.24, 2.45) is 0 Å². The van der Waals surface area contributed by atoms with Crippen LogP contribution in [0.3, 0.4) is 0 Å². The van der Waals surface area contributed by atoms with Gasteiger partial charge in [0.05, 0.1) is 0 Å². The molecule has 0 aliphatic heterocycles. The van der Waals surface area contributed by atoms with Gasteiger partial charge in [-0.05, 0) is 60.7 Å². The summed E-state index contributed by atoms with van der Waals surface area (Å²) >= 11 is 12.7. The molecule has 11 heteroatoms. The molecule has 1 amide bonds. The molecule has 3 aromatic heterocycles. The van der Waals surface area contributed by atoms with Crippen LogP contribution in [0.25, 0.3) is 26.9 Å². The quantitative estimate of drug-likeness (QED) is 0.353. The topological polar surface area (TPSA) is 97.4 Å². The molecule has 2 aromatic carbocycles. The number of hydrogen-bond donors (Lipinski definition) is 2. The molecule has 8 nitrogen and oxygen atoms in total. The molecule has 0 aliphatic rings. The van der Waals surface area contributed by atoms with Crippen LogP contribution in [0.2, 0.25) is 5.02 Å². The molecule has 32 heavy (non-hydrogen) atoms. The number of hydrogen-bond acceptors (Lipinski definition) is 7. The van der Waals surface area contributed by atoms with Gasteiger partial charge < -0.3 is 9.73 Å². The number of amides is 1. The standard InChI is InChI=1S/C21H13ClN6O2S2/c22-14-3-1-2-13(10-14)16-8-9-17(30-16)18(29)25-20(31)24-15-6-4-12(5-7-15)19-27-28-11-23-26-21(28)32-19/h1-11H,(H2,24,25,29,31). The third-order valence-corrected chi connectivity index (χ3v) is 5.84. The zero-order valence-electron chi connectivity index (χ0n) is 16.2. The Hall–Kier alpha value is -3.60. The highest BCUT2D eigenvalue weighted by molar-refractivity contribution is 7.80. The van der Waals surface area contributed by atoms with Crippen molar-refractivity contribution in [3.8, 4) is 21.9 Å². The summed E-state index contributed by atoms with van der Waals surface area (Å²) in [6, 6.07) is 18.0. The van der Waals surface area contributed by atoms with Gasteiger partial charge in [0.25, 0.3) is 5.91 Å². The van der Waals surface area contributed by atoms with Crippen LogP contribution in [0.15, 0.2) is 71.4 Å². The minimum absolute atomic E-state index is 0.141. The number of anilines is 1. The second-order valence-electron chi connectivity index (χ2n) is 6.63. The predicted molar refractivity (Wildman–Crippen MR) is 127 cm³/mol. The molecule has 0 aliphatic carbocycles. The van der Waals surface area contributed by atoms with E-state index < -0.39 is 5.91 Å². The SMILES string of the molecule is O=C(NC(=S)Nc1ccc(-c2nn3cnnc3s2)cc1)c1ccc(-c2cccc(Cl)c2)o1. The van der Waals surface area contributed by atoms with E-state index in [1.54, 1.807) is 35.1 Å². The van der Waals surface area contributed by atoms with Crippen molar-refractivity contribution in [1.29, 1.82) is 0 Å². The van der Waals surface area contributed by atoms with E-state index in [1.165, 1.54) is 11.3 Å². The number of aromatic nitrogens is 4. The number of thiocarbonyl (C=S) groups is 1. The molecule has 2 N–H and O–H groups in total. The fourth-order valence-electron chi connectivity index (χ4n) is 2.96. The van der Waals surface area contributed by atoms with E-state index in [0.29, 0.717) is 10.8 Å². The molecule has 0 saturated heterocycles. The van der Waals surface area contributed by atoms with Crippen molar-refractivity contribution in [3.63, 3.8) is 0 Å². The first-order valence-corrected chi connectivity index (χ1v) is 10.9. The lowest BCUT2D eigenvalue weighted by atomic mass is 10.2. The number of nitrogens with zero attached hydrogens (tertiary/aromatic N) is 4. The average molecular weight is 481 g/mol. The number of carbonyl (C=O) groups excluding carboxylic acids is 1. The van der Waals surface area contributed by atoms with Crippen LogP contribution < -0.4 is 10.6 Å². The summed E-state index contributed by atoms with van der Waals surface area (Å²) < 4.78 is 7.27. The Bertz CT molecular complexity index is 1410. The molecule has 0 spiro atoms. The lowest BCUT2D eigenvalue weighted by molar-refractivity contribution is 0.0951. The molecule has 0 saturated carbocycles. The van der Waals surface area contributed by atoms with E-state index in [2.05, 4.69) is 25.9 Å². The smallest absolute Gasteiger partial charge is 0.293 e. The van der Waals surface area contributed by atoms with E-state index in [9.17, 15) is 4.79 Å². The van der Waals surface area contributed by atoms with Gasteiger partial charge in [-0.15, -0.1) is 10.2 Å². The van der Waals surface area contributed by atoms with E-state index in [1.807, 2.05) is 36.4 Å². The third kappa shape index (κ3) is 4.24. The normalized spacial score (nSPS) is 10.9. The van der Waals surface area contributed by atoms with Gasteiger partial charge in [0.1, 0.15) is 17.1 Å². The fourth-order valence-corrected chi connectivity index (χ4v) is 4.18. The van der Waals surface area contributed by atoms with Crippen LogP contribution in [0.4, 0.5) is 5.69 Å². The van der Waals surface area contributed by atoms with Crippen LogP contribution in [-0.4, -0.2) is 30.8 Å². The molecule has 0 radical (unpaired) electrons. The molecular weight excluding hydrogens is 468 g/mol. The van der Waals surface area contributed by atoms with E-state index >= 15 is 0 Å². The number of rotatable bonds is 4. The van der Waals surface area contributed by atoms with Crippen LogP contribution >= 0.6 is 35.2 Å². The van der Waals surface area contributed by atoms with Gasteiger partial charge in [-0.1, -0.05) is 35.1 Å². The second-order valence-corrected chi connectivity index (χ2v) is 8.43. The number of fused-ring (bicyclic) bond motifs is 1. The lowest BCUT2D eigenvalue weighted by Crippen LogP contribution is -2.33. The summed E-state index contributed by atoms with van der Waals surface area (Å²) in [6.07, 6.45) is 1.56. The van der Waals surface area contributed by atoms with Gasteiger partial charge in [-0.25, -0.2) is 0 Å². The largest absolute Gasteiger partial charge is 0.451 e. The van der Waals surface area contributed by atoms with Crippen LogP contribution in [0.5, 0.6) is 0 Å². The van der Waals surface area contributed by atoms with Gasteiger partial charge in [-0.3, -0.25) is 10.1 Å². The summed E-state index contributed by atoms with van der Waals surface area (Å²) in [5, 5.41) is 19.4. The van der Waals surface area contributed by atoms with Crippen molar-refractivity contribution in [2.45, 2.75) is 0 Å². The highest BCUT2D eigenvalue weighted by Crippen LogP contribution is 2.26. The minimum atomic E-state index is -0.452. The zero-order valence-corrected chi connectivity index (χ0v) is 18.5. The van der Waals surface area contributed by atoms with E-state index in [0.717, 1.165) is 26.8 Å². The molecule has 0 fully saturated rings. The summed E-state index contributed by atoms with van der Waals surface area (Å²) in [7, 11) is 0. The number of halogens is 1. The number of nitrogens with one attached hydrogen (secondary N) is 2. The van der Waals surface area contributed by atoms with Crippen LogP contribution in [0.1, 0.15) is 10.6 Å². The van der Waals surface area contributed by atoms with E-state index in [4.69, 9.17) is 28.2 Å². The number of carbonyl (C=O) groups is 1. The molecule has 158 valence electrons. The molecule has 0 bridgehead atoms. The average Bonchev–Trinajstić information content (AvgIpc) is 3.50. The molecule has 3 heterocycles. The summed E-state index contributed by atoms with van der Waals surface area (Å²) in [5.41, 5.74) is 2.44. The first-order chi connectivity index (χ1) is 15.5. The molecule has 0 unspecified atom stereocenters. The monoisotopic (exact) mass is 480 g/mol. The van der Waals surface area contributed by atoms with Gasteiger partial charge in [0.15, 0.2) is 10.9 Å². The second kappa shape index (κ2) is 8.50. The molecule has 5 rings (SSSR count).